The third kappa shape index (κ3) is 38.1. The minimum Gasteiger partial charge on any atom is -0.374 e. The van der Waals surface area contributed by atoms with E-state index in [0.29, 0.717) is 0 Å². The number of allylic oxidation sites excluding steroid dienone is 8. The molecule has 0 fully saturated rings. The van der Waals surface area contributed by atoms with Crippen LogP contribution in [-0.2, 0) is 0 Å². The average Bonchev–Trinajstić information content (AvgIpc) is 1.61. The number of rotatable bonds is 72. The number of hydrogen-bond donors (Lipinski definition) is 4. The molecule has 0 atom stereocenters. The molecule has 9 heterocycles. The van der Waals surface area contributed by atoms with Gasteiger partial charge < -0.3 is 39.5 Å². The highest BCUT2D eigenvalue weighted by Crippen LogP contribution is 2.33. The Kier molecular flexibility index (Phi) is 51.0. The molecule has 0 saturated carbocycles. The molecule has 9 rings (SSSR count). The highest BCUT2D eigenvalue weighted by molar-refractivity contribution is 5.87. The zero-order valence-corrected chi connectivity index (χ0v) is 78.2. The van der Waals surface area contributed by atoms with Crippen LogP contribution in [-0.4, -0.2) is 91.9 Å². The molecule has 8 bridgehead atoms. The second-order valence-electron chi connectivity index (χ2n) is 37.7. The predicted octanol–water partition coefficient (Wildman–Crippen LogP) is 30.2. The van der Waals surface area contributed by atoms with Crippen LogP contribution < -0.4 is 21.4 Å². The van der Waals surface area contributed by atoms with Crippen LogP contribution in [0.15, 0.2) is 144 Å². The molecule has 5 aliphatic heterocycles. The van der Waals surface area contributed by atoms with Crippen molar-refractivity contribution in [1.29, 1.82) is 0 Å². The van der Waals surface area contributed by atoms with Crippen LogP contribution in [0.4, 0.5) is 0 Å². The Hall–Kier alpha value is -6.28. The van der Waals surface area contributed by atoms with Gasteiger partial charge in [-0.25, -0.2) is 0 Å². The highest BCUT2D eigenvalue weighted by Gasteiger charge is 2.23. The van der Waals surface area contributed by atoms with Crippen LogP contribution in [0.25, 0.3) is 22.3 Å². The summed E-state index contributed by atoms with van der Waals surface area (Å²) in [6.07, 6.45) is 119. The molecule has 4 aromatic heterocycles. The molecule has 120 heavy (non-hydrogen) atoms. The van der Waals surface area contributed by atoms with E-state index in [9.17, 15) is 0 Å². The molecule has 5 aliphatic rings. The van der Waals surface area contributed by atoms with Crippen molar-refractivity contribution in [2.45, 2.75) is 439 Å². The van der Waals surface area contributed by atoms with Gasteiger partial charge in [-0.05, 0) is 146 Å². The van der Waals surface area contributed by atoms with E-state index < -0.39 is 0 Å². The van der Waals surface area contributed by atoms with Crippen LogP contribution in [0.3, 0.4) is 0 Å². The van der Waals surface area contributed by atoms with Gasteiger partial charge in [0.25, 0.3) is 0 Å². The summed E-state index contributed by atoms with van der Waals surface area (Å²) in [5.74, 6) is 0. The third-order valence-electron chi connectivity index (χ3n) is 27.3. The summed E-state index contributed by atoms with van der Waals surface area (Å²) >= 11 is 0. The van der Waals surface area contributed by atoms with E-state index in [0.717, 1.165) is 96.5 Å². The number of nitrogens with one attached hydrogen (secondary N) is 4. The zero-order chi connectivity index (χ0) is 83.4. The first-order valence-electron chi connectivity index (χ1n) is 52.3. The van der Waals surface area contributed by atoms with Gasteiger partial charge >= 0.3 is 0 Å². The molecular weight excluding hydrogens is 1460 g/mol. The minimum atomic E-state index is 0.907. The van der Waals surface area contributed by atoms with Crippen molar-refractivity contribution in [3.05, 3.63) is 188 Å². The Morgan fingerprint density at radius 2 is 0.333 bits per heavy atom. The fourth-order valence-electron chi connectivity index (χ4n) is 19.5. The van der Waals surface area contributed by atoms with Gasteiger partial charge in [-0.3, -0.25) is 0 Å². The van der Waals surface area contributed by atoms with E-state index >= 15 is 0 Å². The molecule has 4 N–H and O–H groups in total. The van der Waals surface area contributed by atoms with Crippen LogP contribution in [0, 0.1) is 0 Å². The SMILES string of the molecule is CCCCCCCCCCCCCCCCCCN1C=CC(C2=c3ccc([nH]3)=C(C3=CCN(CCCCCCCCCCCCCCCCCC)C=C3)c3ccc([nH]3)C(C3=CCN(CCCCCCCCCCCCCCCCCC)C=C3)=c3ccc([nH]3)=C(C3=CCN(CCCCCCCCCCCCCCCCCC)C=C3)c3ccc2[nH]3)=CC1. The summed E-state index contributed by atoms with van der Waals surface area (Å²) in [6, 6.07) is 18.9. The molecule has 0 saturated heterocycles. The molecule has 0 aromatic carbocycles. The van der Waals surface area contributed by atoms with Gasteiger partial charge in [-0.15, -0.1) is 0 Å². The van der Waals surface area contributed by atoms with Gasteiger partial charge in [0.05, 0.1) is 0 Å². The minimum absolute atomic E-state index is 0.907. The van der Waals surface area contributed by atoms with Gasteiger partial charge in [0.15, 0.2) is 0 Å². The van der Waals surface area contributed by atoms with E-state index in [-0.39, 0.29) is 0 Å². The third-order valence-corrected chi connectivity index (χ3v) is 27.3. The lowest BCUT2D eigenvalue weighted by Gasteiger charge is -2.24. The molecule has 0 unspecified atom stereocenters. The van der Waals surface area contributed by atoms with Crippen molar-refractivity contribution in [3.8, 4) is 0 Å². The number of hydrogen-bond acceptors (Lipinski definition) is 4. The van der Waals surface area contributed by atoms with Crippen LogP contribution >= 0.6 is 0 Å². The Bertz CT molecular complexity index is 3370. The van der Waals surface area contributed by atoms with Crippen molar-refractivity contribution in [2.75, 3.05) is 52.4 Å². The predicted molar refractivity (Wildman–Crippen MR) is 525 cm³/mol. The van der Waals surface area contributed by atoms with Gasteiger partial charge in [0.2, 0.25) is 0 Å². The normalized spacial score (nSPS) is 14.9. The molecular formula is C112H180N8. The first-order valence-corrected chi connectivity index (χ1v) is 52.3. The Balaban J connectivity index is 0.904. The number of H-pyrrole nitrogens is 4. The van der Waals surface area contributed by atoms with Crippen molar-refractivity contribution >= 4 is 22.3 Å². The topological polar surface area (TPSA) is 76.1 Å². The Labute approximate surface area is 736 Å². The van der Waals surface area contributed by atoms with Crippen molar-refractivity contribution in [2.24, 2.45) is 0 Å². The number of aromatic nitrogens is 4. The summed E-state index contributed by atoms with van der Waals surface area (Å²) < 4.78 is 0. The molecule has 0 spiro atoms. The molecule has 4 aromatic rings. The number of aromatic amines is 4. The highest BCUT2D eigenvalue weighted by atomic mass is 15.1. The van der Waals surface area contributed by atoms with Gasteiger partial charge in [0.1, 0.15) is 0 Å². The van der Waals surface area contributed by atoms with E-state index in [1.54, 1.807) is 0 Å². The van der Waals surface area contributed by atoms with Gasteiger partial charge in [0, 0.05) is 119 Å². The standard InChI is InChI=1S/C112H180N8/c1-5-9-13-17-21-25-29-33-37-41-45-49-53-57-61-65-85-117-89-77-97(78-90-117)109-101-69-71-103(113-101)110(98-79-91-118(92-80-98)86-66-62-58-54-50-46-42-38-34-30-26-22-18-14-10-6-2)105-73-75-107(115-105)112(100-83-95-120(96-84-100)88-68-64-60-56-52-48-44-40-36-32-28-24-20-16-12-8-4)108-76-74-106(116-108)111(104-72-70-102(109)114-104)99-81-93-119(94-82-99)87-67-63-59-55-51-47-43-39-35-31-27-23-19-15-11-7-3/h69-84,89,91,93,95,113-116H,5-68,85-88,90,92,94,96H2,1-4H3. The van der Waals surface area contributed by atoms with E-state index in [1.807, 2.05) is 0 Å². The average molecular weight is 1640 g/mol. The van der Waals surface area contributed by atoms with Crippen LogP contribution in [0.2, 0.25) is 0 Å². The lowest BCUT2D eigenvalue weighted by atomic mass is 10.00. The number of fused-ring (bicyclic) bond motifs is 8. The monoisotopic (exact) mass is 1640 g/mol. The van der Waals surface area contributed by atoms with Gasteiger partial charge in [-0.2, -0.15) is 0 Å². The molecule has 0 radical (unpaired) electrons. The van der Waals surface area contributed by atoms with Gasteiger partial charge in [-0.1, -0.05) is 437 Å². The number of nitrogens with zero attached hydrogens (tertiary/aromatic N) is 4. The fourth-order valence-corrected chi connectivity index (χ4v) is 19.5. The fraction of sp³-hybridized carbons (Fsp3) is 0.679. The van der Waals surface area contributed by atoms with Crippen LogP contribution in [0.1, 0.15) is 461 Å². The molecule has 0 aliphatic carbocycles. The number of unbranched alkanes of at least 4 members (excludes halogenated alkanes) is 60. The quantitative estimate of drug-likeness (QED) is 0.0332. The first-order chi connectivity index (χ1) is 59.5. The van der Waals surface area contributed by atoms with E-state index in [1.165, 1.54) is 456 Å². The van der Waals surface area contributed by atoms with Crippen molar-refractivity contribution < 1.29 is 0 Å². The molecule has 8 heteroatoms. The largest absolute Gasteiger partial charge is 0.374 e. The summed E-state index contributed by atoms with van der Waals surface area (Å²) in [5, 5.41) is 4.51. The molecule has 0 amide bonds. The van der Waals surface area contributed by atoms with E-state index in [4.69, 9.17) is 0 Å². The maximum Gasteiger partial charge on any atom is 0.0485 e. The van der Waals surface area contributed by atoms with Crippen molar-refractivity contribution in [3.63, 3.8) is 0 Å². The zero-order valence-electron chi connectivity index (χ0n) is 78.2. The summed E-state index contributed by atoms with van der Waals surface area (Å²) in [4.78, 5) is 26.9. The Morgan fingerprint density at radius 3 is 0.475 bits per heavy atom. The second-order valence-corrected chi connectivity index (χ2v) is 37.7. The van der Waals surface area contributed by atoms with E-state index in [2.05, 4.69) is 189 Å². The maximum absolute atomic E-state index is 4.17. The molecule has 668 valence electrons. The lowest BCUT2D eigenvalue weighted by Crippen LogP contribution is -2.24. The van der Waals surface area contributed by atoms with Crippen molar-refractivity contribution in [1.82, 2.24) is 39.5 Å². The summed E-state index contributed by atoms with van der Waals surface area (Å²) in [7, 11) is 0. The lowest BCUT2D eigenvalue weighted by molar-refractivity contribution is 0.391. The maximum atomic E-state index is 4.17. The Morgan fingerprint density at radius 1 is 0.183 bits per heavy atom. The second kappa shape index (κ2) is 62.8. The smallest absolute Gasteiger partial charge is 0.0485 e. The molecule has 8 nitrogen and oxygen atoms in total. The summed E-state index contributed by atoms with van der Waals surface area (Å²) in [5.41, 5.74) is 14.4. The first kappa shape index (κ1) is 97.5. The summed E-state index contributed by atoms with van der Waals surface area (Å²) in [6.45, 7) is 17.3. The van der Waals surface area contributed by atoms with Crippen LogP contribution in [0.5, 0.6) is 0 Å².